The molecule has 1 atom stereocenters. The van der Waals surface area contributed by atoms with Crippen molar-refractivity contribution < 1.29 is 4.39 Å². The van der Waals surface area contributed by atoms with Crippen molar-refractivity contribution in [2.75, 3.05) is 6.26 Å². The Labute approximate surface area is 129 Å². The molecule has 1 N–H and O–H groups in total. The number of nitriles is 1. The Morgan fingerprint density at radius 1 is 1.52 bits per heavy atom. The molecule has 0 amide bonds. The van der Waals surface area contributed by atoms with E-state index in [1.807, 2.05) is 12.3 Å². The van der Waals surface area contributed by atoms with Crippen LogP contribution in [0.15, 0.2) is 40.0 Å². The third-order valence-electron chi connectivity index (χ3n) is 3.03. The summed E-state index contributed by atoms with van der Waals surface area (Å²) < 4.78 is 14.0. The van der Waals surface area contributed by atoms with E-state index in [-0.39, 0.29) is 10.6 Å². The molecule has 2 heterocycles. The molecule has 21 heavy (non-hydrogen) atoms. The quantitative estimate of drug-likeness (QED) is 0.864. The summed E-state index contributed by atoms with van der Waals surface area (Å²) in [5, 5.41) is 11.6. The second kappa shape index (κ2) is 5.48. The predicted molar refractivity (Wildman–Crippen MR) is 81.2 cm³/mol. The topological polar surface area (TPSA) is 63.8 Å². The second-order valence-corrected chi connectivity index (χ2v) is 5.41. The van der Waals surface area contributed by atoms with Crippen LogP contribution in [0.2, 0.25) is 5.02 Å². The van der Waals surface area contributed by atoms with E-state index in [4.69, 9.17) is 16.9 Å². The summed E-state index contributed by atoms with van der Waals surface area (Å²) in [6.07, 6.45) is 2.61. The lowest BCUT2D eigenvalue weighted by atomic mass is 10.1. The maximum absolute atomic E-state index is 14.0. The minimum absolute atomic E-state index is 0.249. The highest BCUT2D eigenvalue weighted by molar-refractivity contribution is 8.13. The van der Waals surface area contributed by atoms with E-state index < -0.39 is 12.0 Å². The highest BCUT2D eigenvalue weighted by atomic mass is 35.5. The molecule has 1 aromatic rings. The lowest BCUT2D eigenvalue weighted by Gasteiger charge is -2.23. The molecule has 1 aromatic carbocycles. The number of hydrogen-bond acceptors (Lipinski definition) is 6. The van der Waals surface area contributed by atoms with Crippen LogP contribution in [0.5, 0.6) is 0 Å². The molecule has 0 fully saturated rings. The minimum atomic E-state index is -0.694. The van der Waals surface area contributed by atoms with Crippen molar-refractivity contribution in [3.63, 3.8) is 0 Å². The van der Waals surface area contributed by atoms with Crippen LogP contribution in [-0.2, 0) is 0 Å². The van der Waals surface area contributed by atoms with E-state index in [9.17, 15) is 4.39 Å². The molecule has 0 saturated heterocycles. The zero-order valence-corrected chi connectivity index (χ0v) is 12.4. The Balaban J connectivity index is 2.05. The molecule has 0 radical (unpaired) electrons. The van der Waals surface area contributed by atoms with E-state index in [1.165, 1.54) is 30.1 Å². The van der Waals surface area contributed by atoms with Crippen LogP contribution >= 0.6 is 23.4 Å². The van der Waals surface area contributed by atoms with Crippen LogP contribution in [0, 0.1) is 17.1 Å². The highest BCUT2D eigenvalue weighted by Gasteiger charge is 2.35. The van der Waals surface area contributed by atoms with Gasteiger partial charge in [-0.2, -0.15) is 10.7 Å². The molecule has 0 bridgehead atoms. The fourth-order valence-electron chi connectivity index (χ4n) is 2.09. The van der Waals surface area contributed by atoms with Crippen molar-refractivity contribution in [2.45, 2.75) is 6.17 Å². The first-order valence-corrected chi connectivity index (χ1v) is 7.56. The third-order valence-corrected chi connectivity index (χ3v) is 4.01. The monoisotopic (exact) mass is 321 g/mol. The van der Waals surface area contributed by atoms with Crippen LogP contribution in [-0.4, -0.2) is 22.3 Å². The Bertz CT molecular complexity index is 716. The zero-order valence-electron chi connectivity index (χ0n) is 10.8. The summed E-state index contributed by atoms with van der Waals surface area (Å²) in [7, 11) is 0. The first-order chi connectivity index (χ1) is 10.2. The van der Waals surface area contributed by atoms with Crippen molar-refractivity contribution in [1.29, 1.82) is 5.26 Å². The molecule has 106 valence electrons. The standard InChI is InChI=1S/C13H9ClFN5S/c1-21-13-17-6-7(5-16)12-18-11(19-20(12)13)10-8(14)3-2-4-9(10)15/h2-4,6,11,19H,1H3. The van der Waals surface area contributed by atoms with Crippen molar-refractivity contribution in [2.24, 2.45) is 9.98 Å². The lowest BCUT2D eigenvalue weighted by molar-refractivity contribution is 0.413. The number of fused-ring (bicyclic) bond motifs is 1. The van der Waals surface area contributed by atoms with Crippen molar-refractivity contribution >= 4 is 34.4 Å². The van der Waals surface area contributed by atoms with Crippen LogP contribution in [0.3, 0.4) is 0 Å². The van der Waals surface area contributed by atoms with Crippen molar-refractivity contribution in [3.8, 4) is 6.07 Å². The summed E-state index contributed by atoms with van der Waals surface area (Å²) >= 11 is 7.46. The fourth-order valence-corrected chi connectivity index (χ4v) is 2.83. The molecule has 0 saturated carbocycles. The first kappa shape index (κ1) is 14.1. The number of hydrazine groups is 1. The average molecular weight is 322 g/mol. The smallest absolute Gasteiger partial charge is 0.184 e. The van der Waals surface area contributed by atoms with Crippen LogP contribution in [0.25, 0.3) is 0 Å². The van der Waals surface area contributed by atoms with E-state index >= 15 is 0 Å². The van der Waals surface area contributed by atoms with Gasteiger partial charge in [0.15, 0.2) is 11.0 Å². The number of hydrogen-bond donors (Lipinski definition) is 1. The second-order valence-electron chi connectivity index (χ2n) is 4.23. The van der Waals surface area contributed by atoms with Gasteiger partial charge in [0.25, 0.3) is 0 Å². The highest BCUT2D eigenvalue weighted by Crippen LogP contribution is 2.32. The number of amidine groups is 2. The van der Waals surface area contributed by atoms with Crippen LogP contribution in [0.1, 0.15) is 11.7 Å². The van der Waals surface area contributed by atoms with Crippen molar-refractivity contribution in [3.05, 3.63) is 46.4 Å². The van der Waals surface area contributed by atoms with Gasteiger partial charge in [-0.05, 0) is 18.4 Å². The normalized spacial score (nSPS) is 20.4. The average Bonchev–Trinajstić information content (AvgIpc) is 2.90. The van der Waals surface area contributed by atoms with Gasteiger partial charge in [0.2, 0.25) is 0 Å². The fraction of sp³-hybridized carbons (Fsp3) is 0.154. The number of nitrogens with zero attached hydrogens (tertiary/aromatic N) is 4. The van der Waals surface area contributed by atoms with Gasteiger partial charge in [-0.15, -0.1) is 0 Å². The van der Waals surface area contributed by atoms with E-state index in [2.05, 4.69) is 15.4 Å². The third kappa shape index (κ3) is 2.31. The Morgan fingerprint density at radius 2 is 2.33 bits per heavy atom. The van der Waals surface area contributed by atoms with Gasteiger partial charge in [0, 0.05) is 5.56 Å². The summed E-state index contributed by atoms with van der Waals surface area (Å²) in [5.74, 6) is -0.0319. The molecule has 1 unspecified atom stereocenters. The molecule has 5 nitrogen and oxygen atoms in total. The van der Waals surface area contributed by atoms with Gasteiger partial charge in [-0.25, -0.2) is 19.4 Å². The largest absolute Gasteiger partial charge is 0.240 e. The summed E-state index contributed by atoms with van der Waals surface area (Å²) in [5.41, 5.74) is 3.58. The van der Waals surface area contributed by atoms with Gasteiger partial charge < -0.3 is 0 Å². The summed E-state index contributed by atoms with van der Waals surface area (Å²) in [6, 6.07) is 6.49. The van der Waals surface area contributed by atoms with Crippen LogP contribution < -0.4 is 5.43 Å². The van der Waals surface area contributed by atoms with E-state index in [0.717, 1.165) is 0 Å². The summed E-state index contributed by atoms with van der Waals surface area (Å²) in [4.78, 5) is 8.54. The zero-order chi connectivity index (χ0) is 15.0. The molecular formula is C13H9ClFN5S. The van der Waals surface area contributed by atoms with Crippen LogP contribution in [0.4, 0.5) is 4.39 Å². The number of rotatable bonds is 1. The number of benzene rings is 1. The molecule has 8 heteroatoms. The molecule has 2 aliphatic heterocycles. The Kier molecular flexibility index (Phi) is 3.68. The van der Waals surface area contributed by atoms with E-state index in [1.54, 1.807) is 11.1 Å². The van der Waals surface area contributed by atoms with Gasteiger partial charge in [-0.1, -0.05) is 29.4 Å². The van der Waals surface area contributed by atoms with Gasteiger partial charge in [0.05, 0.1) is 11.2 Å². The van der Waals surface area contributed by atoms with Gasteiger partial charge in [-0.3, -0.25) is 0 Å². The Morgan fingerprint density at radius 3 is 3.00 bits per heavy atom. The molecular weight excluding hydrogens is 313 g/mol. The van der Waals surface area contributed by atoms with E-state index in [0.29, 0.717) is 16.6 Å². The number of aliphatic imine (C=N–C) groups is 2. The summed E-state index contributed by atoms with van der Waals surface area (Å²) in [6.45, 7) is 0. The number of halogens is 2. The Hall–Kier alpha value is -1.88. The SMILES string of the molecule is CSC1=NC=C(C#N)C2=NC(c3c(F)cccc3Cl)NN12. The minimum Gasteiger partial charge on any atom is -0.240 e. The molecule has 2 aliphatic rings. The lowest BCUT2D eigenvalue weighted by Crippen LogP contribution is -2.43. The number of thioether (sulfide) groups is 1. The predicted octanol–water partition coefficient (Wildman–Crippen LogP) is 2.84. The van der Waals surface area contributed by atoms with Gasteiger partial charge in [0.1, 0.15) is 23.6 Å². The number of nitrogens with one attached hydrogen (secondary N) is 1. The van der Waals surface area contributed by atoms with Gasteiger partial charge >= 0.3 is 0 Å². The maximum atomic E-state index is 14.0. The van der Waals surface area contributed by atoms with Crippen molar-refractivity contribution in [1.82, 2.24) is 10.4 Å². The molecule has 3 rings (SSSR count). The first-order valence-electron chi connectivity index (χ1n) is 5.96. The molecule has 0 aromatic heterocycles. The maximum Gasteiger partial charge on any atom is 0.184 e. The molecule has 0 aliphatic carbocycles. The molecule has 0 spiro atoms.